The molecule has 3 rings (SSSR count). The number of rotatable bonds is 9. The van der Waals surface area contributed by atoms with Crippen molar-refractivity contribution in [2.24, 2.45) is 0 Å². The summed E-state index contributed by atoms with van der Waals surface area (Å²) < 4.78 is 23.0. The van der Waals surface area contributed by atoms with Crippen LogP contribution in [0.3, 0.4) is 0 Å². The van der Waals surface area contributed by atoms with E-state index in [0.717, 1.165) is 11.3 Å². The molecule has 0 aliphatic heterocycles. The molecular weight excluding hydrogens is 439 g/mol. The van der Waals surface area contributed by atoms with Crippen molar-refractivity contribution >= 4 is 39.1 Å². The lowest BCUT2D eigenvalue weighted by molar-refractivity contribution is -0.117. The molecule has 3 aromatic rings. The highest BCUT2D eigenvalue weighted by Gasteiger charge is 2.21. The predicted molar refractivity (Wildman–Crippen MR) is 118 cm³/mol. The highest BCUT2D eigenvalue weighted by Crippen LogP contribution is 2.27. The van der Waals surface area contributed by atoms with Crippen LogP contribution in [0.5, 0.6) is 0 Å². The van der Waals surface area contributed by atoms with Crippen LogP contribution in [0.4, 0.5) is 10.1 Å². The zero-order valence-corrected chi connectivity index (χ0v) is 18.7. The van der Waals surface area contributed by atoms with Gasteiger partial charge in [0.15, 0.2) is 0 Å². The lowest BCUT2D eigenvalue weighted by Gasteiger charge is -2.15. The molecule has 2 heterocycles. The number of aromatic nitrogens is 2. The first-order valence-electron chi connectivity index (χ1n) is 9.70. The number of benzene rings is 1. The normalized spacial score (nSPS) is 11.2. The Morgan fingerprint density at radius 1 is 1.25 bits per heavy atom. The summed E-state index contributed by atoms with van der Waals surface area (Å²) in [5.41, 5.74) is 0.635. The molecule has 0 saturated heterocycles. The molecule has 0 atom stereocenters. The molecular formula is C21H23FN4O5S. The summed E-state index contributed by atoms with van der Waals surface area (Å²) in [5, 5.41) is 3.01. The van der Waals surface area contributed by atoms with Gasteiger partial charge in [0.25, 0.3) is 5.56 Å². The number of aromatic amines is 1. The van der Waals surface area contributed by atoms with Crippen LogP contribution >= 0.6 is 11.3 Å². The number of amides is 1. The minimum Gasteiger partial charge on any atom is -0.459 e. The molecule has 0 aliphatic carbocycles. The fraction of sp³-hybridized carbons (Fsp3) is 0.333. The second kappa shape index (κ2) is 10.4. The van der Waals surface area contributed by atoms with Gasteiger partial charge >= 0.3 is 5.97 Å². The number of likely N-dealkylation sites (N-methyl/N-ethyl adjacent to an activating group) is 1. The highest BCUT2D eigenvalue weighted by molar-refractivity contribution is 7.20. The van der Waals surface area contributed by atoms with Crippen molar-refractivity contribution in [3.8, 4) is 0 Å². The second-order valence-corrected chi connectivity index (χ2v) is 8.10. The summed E-state index contributed by atoms with van der Waals surface area (Å²) in [4.78, 5) is 46.7. The van der Waals surface area contributed by atoms with Crippen molar-refractivity contribution in [1.29, 1.82) is 0 Å². The molecule has 0 spiro atoms. The number of fused-ring (bicyclic) bond motifs is 1. The Balaban J connectivity index is 1.69. The van der Waals surface area contributed by atoms with Gasteiger partial charge in [-0.25, -0.2) is 14.2 Å². The lowest BCUT2D eigenvalue weighted by atomic mass is 10.2. The number of thiophene rings is 1. The van der Waals surface area contributed by atoms with Crippen LogP contribution in [0.25, 0.3) is 10.2 Å². The Hall–Kier alpha value is -3.15. The van der Waals surface area contributed by atoms with E-state index in [-0.39, 0.29) is 43.6 Å². The average molecular weight is 463 g/mol. The molecule has 170 valence electrons. The summed E-state index contributed by atoms with van der Waals surface area (Å²) in [7, 11) is 3.21. The zero-order valence-electron chi connectivity index (χ0n) is 17.9. The van der Waals surface area contributed by atoms with Gasteiger partial charge in [-0.2, -0.15) is 0 Å². The molecule has 2 aromatic heterocycles. The van der Waals surface area contributed by atoms with E-state index < -0.39 is 5.97 Å². The standard InChI is InChI=1S/C21H23FN4O5S/c1-12-17-19(28)24-15(25-20(17)32-18(12)21(29)31-9-8-30-3)10-26(2)11-16(27)23-14-6-4-13(22)5-7-14/h4-7H,8-11H2,1-3H3,(H,23,27)(H,24,25,28). The molecule has 0 bridgehead atoms. The number of methoxy groups -OCH3 is 1. The van der Waals surface area contributed by atoms with Gasteiger partial charge < -0.3 is 19.8 Å². The van der Waals surface area contributed by atoms with E-state index in [9.17, 15) is 18.8 Å². The van der Waals surface area contributed by atoms with Crippen molar-refractivity contribution in [2.45, 2.75) is 13.5 Å². The Morgan fingerprint density at radius 2 is 1.97 bits per heavy atom. The number of esters is 1. The van der Waals surface area contributed by atoms with Crippen LogP contribution in [0.2, 0.25) is 0 Å². The fourth-order valence-corrected chi connectivity index (χ4v) is 4.13. The van der Waals surface area contributed by atoms with Crippen molar-refractivity contribution in [3.05, 3.63) is 56.7 Å². The van der Waals surface area contributed by atoms with E-state index in [1.807, 2.05) is 0 Å². The van der Waals surface area contributed by atoms with Crippen LogP contribution < -0.4 is 10.9 Å². The Labute approximate surface area is 187 Å². The van der Waals surface area contributed by atoms with E-state index in [2.05, 4.69) is 15.3 Å². The van der Waals surface area contributed by atoms with Crippen LogP contribution in [0.1, 0.15) is 21.1 Å². The Bertz CT molecular complexity index is 1180. The monoisotopic (exact) mass is 462 g/mol. The molecule has 1 aromatic carbocycles. The van der Waals surface area contributed by atoms with E-state index in [4.69, 9.17) is 9.47 Å². The quantitative estimate of drug-likeness (QED) is 0.371. The third-order valence-electron chi connectivity index (χ3n) is 4.52. The van der Waals surface area contributed by atoms with Crippen LogP contribution in [0.15, 0.2) is 29.1 Å². The summed E-state index contributed by atoms with van der Waals surface area (Å²) in [6.07, 6.45) is 0. The van der Waals surface area contributed by atoms with Gasteiger partial charge in [0.2, 0.25) is 5.91 Å². The molecule has 11 heteroatoms. The summed E-state index contributed by atoms with van der Waals surface area (Å²) >= 11 is 1.09. The minimum absolute atomic E-state index is 0.0274. The Kier molecular flexibility index (Phi) is 7.67. The van der Waals surface area contributed by atoms with Gasteiger partial charge in [0, 0.05) is 12.8 Å². The lowest BCUT2D eigenvalue weighted by Crippen LogP contribution is -2.31. The number of halogens is 1. The molecule has 0 saturated carbocycles. The van der Waals surface area contributed by atoms with Gasteiger partial charge in [0.05, 0.1) is 25.1 Å². The number of carbonyl (C=O) groups is 2. The smallest absolute Gasteiger partial charge is 0.348 e. The fourth-order valence-electron chi connectivity index (χ4n) is 3.03. The number of nitrogens with zero attached hydrogens (tertiary/aromatic N) is 2. The third-order valence-corrected chi connectivity index (χ3v) is 5.68. The molecule has 0 aliphatic rings. The SMILES string of the molecule is COCCOC(=O)c1sc2nc(CN(C)CC(=O)Nc3ccc(F)cc3)[nH]c(=O)c2c1C. The van der Waals surface area contributed by atoms with E-state index >= 15 is 0 Å². The number of hydrogen-bond acceptors (Lipinski definition) is 8. The number of aryl methyl sites for hydroxylation is 1. The van der Waals surface area contributed by atoms with E-state index in [1.165, 1.54) is 31.4 Å². The maximum atomic E-state index is 13.0. The van der Waals surface area contributed by atoms with Crippen molar-refractivity contribution in [1.82, 2.24) is 14.9 Å². The van der Waals surface area contributed by atoms with Crippen LogP contribution in [0, 0.1) is 12.7 Å². The van der Waals surface area contributed by atoms with Crippen LogP contribution in [-0.2, 0) is 20.8 Å². The average Bonchev–Trinajstić information content (AvgIpc) is 3.06. The van der Waals surface area contributed by atoms with Gasteiger partial charge in [-0.05, 0) is 43.8 Å². The summed E-state index contributed by atoms with van der Waals surface area (Å²) in [6, 6.07) is 5.45. The second-order valence-electron chi connectivity index (χ2n) is 7.11. The first-order chi connectivity index (χ1) is 15.3. The van der Waals surface area contributed by atoms with Gasteiger partial charge in [-0.3, -0.25) is 14.5 Å². The minimum atomic E-state index is -0.530. The summed E-state index contributed by atoms with van der Waals surface area (Å²) in [6.45, 7) is 2.29. The molecule has 32 heavy (non-hydrogen) atoms. The molecule has 2 N–H and O–H groups in total. The van der Waals surface area contributed by atoms with Crippen molar-refractivity contribution < 1.29 is 23.5 Å². The predicted octanol–water partition coefficient (Wildman–Crippen LogP) is 2.31. The van der Waals surface area contributed by atoms with Gasteiger partial charge in [-0.1, -0.05) is 0 Å². The van der Waals surface area contributed by atoms with Gasteiger partial charge in [-0.15, -0.1) is 11.3 Å². The third kappa shape index (κ3) is 5.75. The van der Waals surface area contributed by atoms with Gasteiger partial charge in [0.1, 0.15) is 28.0 Å². The number of nitrogens with one attached hydrogen (secondary N) is 2. The van der Waals surface area contributed by atoms with Crippen molar-refractivity contribution in [3.63, 3.8) is 0 Å². The first-order valence-corrected chi connectivity index (χ1v) is 10.5. The number of carbonyl (C=O) groups excluding carboxylic acids is 2. The highest BCUT2D eigenvalue weighted by atomic mass is 32.1. The van der Waals surface area contributed by atoms with E-state index in [0.29, 0.717) is 32.2 Å². The maximum absolute atomic E-state index is 13.0. The maximum Gasteiger partial charge on any atom is 0.348 e. The largest absolute Gasteiger partial charge is 0.459 e. The molecule has 9 nitrogen and oxygen atoms in total. The van der Waals surface area contributed by atoms with Crippen LogP contribution in [-0.4, -0.2) is 60.7 Å². The molecule has 0 radical (unpaired) electrons. The number of H-pyrrole nitrogens is 1. The zero-order chi connectivity index (χ0) is 23.3. The van der Waals surface area contributed by atoms with Crippen molar-refractivity contribution in [2.75, 3.05) is 39.2 Å². The van der Waals surface area contributed by atoms with E-state index in [1.54, 1.807) is 18.9 Å². The summed E-state index contributed by atoms with van der Waals surface area (Å²) in [5.74, 6) is -0.852. The number of ether oxygens (including phenoxy) is 2. The molecule has 1 amide bonds. The molecule has 0 unspecified atom stereocenters. The topological polar surface area (TPSA) is 114 Å². The number of hydrogen-bond donors (Lipinski definition) is 2. The number of anilines is 1. The first kappa shape index (κ1) is 23.5. The molecule has 0 fully saturated rings. The Morgan fingerprint density at radius 3 is 2.66 bits per heavy atom.